The summed E-state index contributed by atoms with van der Waals surface area (Å²) in [4.78, 5) is 0. The first-order chi connectivity index (χ1) is 6.41. The van der Waals surface area contributed by atoms with Gasteiger partial charge in [0.25, 0.3) is 0 Å². The van der Waals surface area contributed by atoms with Crippen molar-refractivity contribution in [3.8, 4) is 5.75 Å². The summed E-state index contributed by atoms with van der Waals surface area (Å²) in [5.41, 5.74) is -1.13. The topological polar surface area (TPSA) is 55.3 Å². The van der Waals surface area contributed by atoms with Gasteiger partial charge in [-0.15, -0.1) is 0 Å². The Morgan fingerprint density at radius 2 is 1.56 bits per heavy atom. The van der Waals surface area contributed by atoms with E-state index in [2.05, 4.69) is 4.65 Å². The maximum Gasteiger partial charge on any atom is 1.00 e. The molecule has 0 amide bonds. The molecule has 0 saturated heterocycles. The molecular weight excluding hydrogens is 246 g/mol. The molecule has 0 aliphatic carbocycles. The Kier molecular flexibility index (Phi) is 9.57. The molecule has 76 valence electrons. The zero-order chi connectivity index (χ0) is 10.8. The fourth-order valence-corrected chi connectivity index (χ4v) is 0.907. The van der Waals surface area contributed by atoms with Gasteiger partial charge in [-0.25, -0.2) is 0 Å². The summed E-state index contributed by atoms with van der Waals surface area (Å²) < 4.78 is 40.6. The number of hydrogen-bond acceptors (Lipinski definition) is 3. The number of rotatable bonds is 2. The van der Waals surface area contributed by atoms with Crippen molar-refractivity contribution >= 4 is 7.32 Å². The number of benzene rings is 1. The Hall–Kier alpha value is 0.795. The largest absolute Gasteiger partial charge is 1.00 e. The first-order valence-corrected chi connectivity index (χ1v) is 3.56. The third-order valence-electron chi connectivity index (χ3n) is 1.42. The molecule has 1 aromatic rings. The predicted octanol–water partition coefficient (Wildman–Crippen LogP) is -6.20. The van der Waals surface area contributed by atoms with Crippen molar-refractivity contribution in [1.29, 1.82) is 0 Å². The van der Waals surface area contributed by atoms with Crippen LogP contribution in [-0.2, 0) is 6.18 Å². The van der Waals surface area contributed by atoms with Crippen LogP contribution in [0.3, 0.4) is 0 Å². The fourth-order valence-electron chi connectivity index (χ4n) is 0.907. The molecule has 0 heterocycles. The Balaban J connectivity index is 0. The van der Waals surface area contributed by atoms with Gasteiger partial charge in [0, 0.05) is 0 Å². The monoisotopic (exact) mass is 250 g/mol. The molecule has 0 spiro atoms. The van der Waals surface area contributed by atoms with E-state index >= 15 is 0 Å². The van der Waals surface area contributed by atoms with Gasteiger partial charge in [0.2, 0.25) is 0 Å². The van der Waals surface area contributed by atoms with E-state index in [4.69, 9.17) is 0 Å². The van der Waals surface area contributed by atoms with Crippen LogP contribution in [0.5, 0.6) is 5.75 Å². The summed E-state index contributed by atoms with van der Waals surface area (Å²) in [5, 5.41) is 20.1. The van der Waals surface area contributed by atoms with Crippen molar-refractivity contribution in [2.24, 2.45) is 0 Å². The summed E-state index contributed by atoms with van der Waals surface area (Å²) in [6.45, 7) is 0. The average molecular weight is 250 g/mol. The Morgan fingerprint density at radius 3 is 2.00 bits per heavy atom. The molecule has 16 heavy (non-hydrogen) atoms. The molecule has 1 aromatic carbocycles. The zero-order valence-electron chi connectivity index (χ0n) is 8.75. The molecule has 0 bridgehead atoms. The Morgan fingerprint density at radius 1 is 1.06 bits per heavy atom. The molecular formula is C7H4BF3Na2O3. The summed E-state index contributed by atoms with van der Waals surface area (Å²) in [6.07, 6.45) is -4.63. The van der Waals surface area contributed by atoms with Crippen molar-refractivity contribution in [1.82, 2.24) is 0 Å². The van der Waals surface area contributed by atoms with Crippen LogP contribution >= 0.6 is 0 Å². The minimum Gasteiger partial charge on any atom is -0.860 e. The fraction of sp³-hybridized carbons (Fsp3) is 0.143. The molecule has 0 radical (unpaired) electrons. The first-order valence-electron chi connectivity index (χ1n) is 3.56. The van der Waals surface area contributed by atoms with Gasteiger partial charge in [-0.05, 0) is 12.1 Å². The van der Waals surface area contributed by atoms with Gasteiger partial charge in [-0.2, -0.15) is 13.2 Å². The van der Waals surface area contributed by atoms with Crippen LogP contribution in [0.2, 0.25) is 0 Å². The van der Waals surface area contributed by atoms with Gasteiger partial charge in [0.15, 0.2) is 0 Å². The molecule has 0 saturated carbocycles. The predicted molar refractivity (Wildman–Crippen MR) is 37.8 cm³/mol. The van der Waals surface area contributed by atoms with Gasteiger partial charge in [0.1, 0.15) is 13.1 Å². The van der Waals surface area contributed by atoms with Gasteiger partial charge >= 0.3 is 65.3 Å². The van der Waals surface area contributed by atoms with Crippen LogP contribution in [0.25, 0.3) is 0 Å². The Bertz CT molecular complexity index is 322. The van der Waals surface area contributed by atoms with E-state index in [1.807, 2.05) is 0 Å². The quantitative estimate of drug-likeness (QED) is 0.491. The zero-order valence-corrected chi connectivity index (χ0v) is 12.7. The second kappa shape index (κ2) is 8.00. The SMILES string of the molecule is [Na+].[Na+].[O-]B([O-])Oc1ccccc1C(F)(F)F. The van der Waals surface area contributed by atoms with Crippen LogP contribution in [-0.4, -0.2) is 7.32 Å². The van der Waals surface area contributed by atoms with Gasteiger partial charge in [-0.1, -0.05) is 12.1 Å². The third-order valence-corrected chi connectivity index (χ3v) is 1.42. The number of halogens is 3. The Labute approximate surface area is 135 Å². The standard InChI is InChI=1S/C7H4BF3O3.2Na/c9-7(10,11)5-3-1-2-4-6(5)14-8(12)13;;/h1-4H;;/q-2;2*+1. The number of para-hydroxylation sites is 1. The molecule has 0 unspecified atom stereocenters. The van der Waals surface area contributed by atoms with E-state index in [-0.39, 0.29) is 59.1 Å². The molecule has 0 N–H and O–H groups in total. The van der Waals surface area contributed by atoms with Crippen LogP contribution in [0, 0.1) is 0 Å². The van der Waals surface area contributed by atoms with Gasteiger partial charge < -0.3 is 14.7 Å². The molecule has 0 aliphatic rings. The van der Waals surface area contributed by atoms with Crippen molar-refractivity contribution in [2.75, 3.05) is 0 Å². The van der Waals surface area contributed by atoms with Crippen LogP contribution in [0.15, 0.2) is 24.3 Å². The van der Waals surface area contributed by atoms with E-state index in [9.17, 15) is 23.2 Å². The molecule has 0 atom stereocenters. The smallest absolute Gasteiger partial charge is 0.860 e. The van der Waals surface area contributed by atoms with Crippen LogP contribution in [0.1, 0.15) is 5.56 Å². The molecule has 1 rings (SSSR count). The number of hydrogen-bond donors (Lipinski definition) is 0. The molecule has 0 aliphatic heterocycles. The molecule has 0 aromatic heterocycles. The van der Waals surface area contributed by atoms with Gasteiger partial charge in [-0.3, -0.25) is 0 Å². The first kappa shape index (κ1) is 19.1. The summed E-state index contributed by atoms with van der Waals surface area (Å²) in [6, 6.07) is 4.04. The second-order valence-electron chi connectivity index (χ2n) is 2.40. The van der Waals surface area contributed by atoms with Crippen LogP contribution < -0.4 is 73.8 Å². The minimum absolute atomic E-state index is 0. The van der Waals surface area contributed by atoms with E-state index < -0.39 is 24.8 Å². The van der Waals surface area contributed by atoms with Crippen molar-refractivity contribution in [3.05, 3.63) is 29.8 Å². The molecule has 0 fully saturated rings. The van der Waals surface area contributed by atoms with E-state index in [1.165, 1.54) is 6.07 Å². The van der Waals surface area contributed by atoms with Crippen molar-refractivity contribution in [3.63, 3.8) is 0 Å². The van der Waals surface area contributed by atoms with Gasteiger partial charge in [0.05, 0.1) is 5.56 Å². The normalized spacial score (nSPS) is 9.81. The van der Waals surface area contributed by atoms with Crippen LogP contribution in [0.4, 0.5) is 13.2 Å². The van der Waals surface area contributed by atoms with E-state index in [0.717, 1.165) is 18.2 Å². The van der Waals surface area contributed by atoms with E-state index in [0.29, 0.717) is 0 Å². The third kappa shape index (κ3) is 5.93. The van der Waals surface area contributed by atoms with Crippen molar-refractivity contribution < 1.29 is 87.0 Å². The average Bonchev–Trinajstić information content (AvgIpc) is 2.01. The van der Waals surface area contributed by atoms with Crippen molar-refractivity contribution in [2.45, 2.75) is 6.18 Å². The maximum absolute atomic E-state index is 12.2. The second-order valence-corrected chi connectivity index (χ2v) is 2.40. The summed E-state index contributed by atoms with van der Waals surface area (Å²) in [7, 11) is -2.77. The maximum atomic E-state index is 12.2. The molecule has 3 nitrogen and oxygen atoms in total. The number of alkyl halides is 3. The molecule has 9 heteroatoms. The summed E-state index contributed by atoms with van der Waals surface area (Å²) in [5.74, 6) is -0.741. The summed E-state index contributed by atoms with van der Waals surface area (Å²) >= 11 is 0. The minimum atomic E-state index is -4.63. The van der Waals surface area contributed by atoms with E-state index in [1.54, 1.807) is 0 Å².